The maximum absolute atomic E-state index is 10.6. The summed E-state index contributed by atoms with van der Waals surface area (Å²) in [5, 5.41) is 13.8. The van der Waals surface area contributed by atoms with Crippen LogP contribution in [-0.2, 0) is 10.3 Å². The predicted molar refractivity (Wildman–Crippen MR) is 57.6 cm³/mol. The lowest BCUT2D eigenvalue weighted by Crippen LogP contribution is -2.49. The van der Waals surface area contributed by atoms with Crippen LogP contribution < -0.4 is 5.32 Å². The van der Waals surface area contributed by atoms with Crippen molar-refractivity contribution in [2.75, 3.05) is 12.4 Å². The van der Waals surface area contributed by atoms with Gasteiger partial charge in [-0.05, 0) is 25.3 Å². The van der Waals surface area contributed by atoms with Gasteiger partial charge in [0.05, 0.1) is 0 Å². The fourth-order valence-corrected chi connectivity index (χ4v) is 3.07. The molecule has 1 aliphatic carbocycles. The van der Waals surface area contributed by atoms with E-state index >= 15 is 0 Å². The summed E-state index contributed by atoms with van der Waals surface area (Å²) in [5.74, 6) is 0. The van der Waals surface area contributed by atoms with Crippen molar-refractivity contribution in [1.29, 1.82) is 0 Å². The van der Waals surface area contributed by atoms with Crippen LogP contribution in [0, 0.1) is 0 Å². The van der Waals surface area contributed by atoms with Crippen LogP contribution in [0.5, 0.6) is 0 Å². The Balaban J connectivity index is 2.21. The standard InChI is InChI=1S/C12H15NO2/c1-15-11-7-4-8-12(11,14)13-10-6-3-2-5-9(10)11/h2-3,5-6,13-14H,4,7-8H2,1H3. The lowest BCUT2D eigenvalue weighted by molar-refractivity contribution is -0.133. The maximum atomic E-state index is 10.6. The highest BCUT2D eigenvalue weighted by Gasteiger charge is 2.60. The van der Waals surface area contributed by atoms with Gasteiger partial charge >= 0.3 is 0 Å². The summed E-state index contributed by atoms with van der Waals surface area (Å²) in [5.41, 5.74) is 0.642. The highest BCUT2D eigenvalue weighted by Crippen LogP contribution is 2.55. The average molecular weight is 205 g/mol. The van der Waals surface area contributed by atoms with E-state index in [-0.39, 0.29) is 0 Å². The molecule has 0 spiro atoms. The molecule has 0 saturated heterocycles. The van der Waals surface area contributed by atoms with Crippen molar-refractivity contribution in [3.63, 3.8) is 0 Å². The Morgan fingerprint density at radius 1 is 1.33 bits per heavy atom. The zero-order valence-electron chi connectivity index (χ0n) is 8.79. The van der Waals surface area contributed by atoms with Crippen molar-refractivity contribution in [2.45, 2.75) is 30.6 Å². The summed E-state index contributed by atoms with van der Waals surface area (Å²) >= 11 is 0. The summed E-state index contributed by atoms with van der Waals surface area (Å²) in [4.78, 5) is 0. The summed E-state index contributed by atoms with van der Waals surface area (Å²) in [6.45, 7) is 0. The smallest absolute Gasteiger partial charge is 0.169 e. The van der Waals surface area contributed by atoms with Gasteiger partial charge in [-0.15, -0.1) is 0 Å². The van der Waals surface area contributed by atoms with E-state index in [9.17, 15) is 5.11 Å². The highest BCUT2D eigenvalue weighted by atomic mass is 16.5. The number of ether oxygens (including phenoxy) is 1. The van der Waals surface area contributed by atoms with Crippen molar-refractivity contribution in [2.24, 2.45) is 0 Å². The second kappa shape index (κ2) is 2.74. The maximum Gasteiger partial charge on any atom is 0.169 e. The molecule has 3 nitrogen and oxygen atoms in total. The largest absolute Gasteiger partial charge is 0.368 e. The Hall–Kier alpha value is -1.06. The molecule has 0 radical (unpaired) electrons. The van der Waals surface area contributed by atoms with Crippen LogP contribution in [0.4, 0.5) is 5.69 Å². The zero-order chi connectivity index (χ0) is 10.5. The minimum atomic E-state index is -0.911. The third-order valence-corrected chi connectivity index (χ3v) is 3.79. The first-order valence-electron chi connectivity index (χ1n) is 5.37. The molecule has 15 heavy (non-hydrogen) atoms. The van der Waals surface area contributed by atoms with Gasteiger partial charge in [0.15, 0.2) is 5.72 Å². The van der Waals surface area contributed by atoms with E-state index in [1.54, 1.807) is 7.11 Å². The number of benzene rings is 1. The second-order valence-electron chi connectivity index (χ2n) is 4.42. The van der Waals surface area contributed by atoms with Gasteiger partial charge in [-0.1, -0.05) is 18.2 Å². The fourth-order valence-electron chi connectivity index (χ4n) is 3.07. The number of hydrogen-bond donors (Lipinski definition) is 2. The topological polar surface area (TPSA) is 41.5 Å². The van der Waals surface area contributed by atoms with Crippen LogP contribution in [0.25, 0.3) is 0 Å². The molecule has 1 aliphatic heterocycles. The molecule has 2 N–H and O–H groups in total. The van der Waals surface area contributed by atoms with E-state index in [4.69, 9.17) is 4.74 Å². The monoisotopic (exact) mass is 205 g/mol. The van der Waals surface area contributed by atoms with E-state index in [2.05, 4.69) is 5.32 Å². The van der Waals surface area contributed by atoms with Gasteiger partial charge < -0.3 is 15.2 Å². The third kappa shape index (κ3) is 0.924. The number of rotatable bonds is 1. The molecular formula is C12H15NO2. The SMILES string of the molecule is COC12CCCC1(O)Nc1ccccc12. The van der Waals surface area contributed by atoms with Gasteiger partial charge in [0, 0.05) is 18.4 Å². The molecule has 3 rings (SSSR count). The van der Waals surface area contributed by atoms with Crippen LogP contribution in [0.3, 0.4) is 0 Å². The van der Waals surface area contributed by atoms with Crippen LogP contribution in [0.2, 0.25) is 0 Å². The number of nitrogens with one attached hydrogen (secondary N) is 1. The van der Waals surface area contributed by atoms with Gasteiger partial charge in [-0.3, -0.25) is 0 Å². The molecular weight excluding hydrogens is 190 g/mol. The Labute approximate surface area is 89.1 Å². The Bertz CT molecular complexity index is 406. The van der Waals surface area contributed by atoms with Crippen molar-refractivity contribution in [3.05, 3.63) is 29.8 Å². The molecule has 0 aromatic heterocycles. The number of para-hydroxylation sites is 1. The minimum Gasteiger partial charge on any atom is -0.368 e. The average Bonchev–Trinajstić information content (AvgIpc) is 2.67. The summed E-state index contributed by atoms with van der Waals surface area (Å²) in [6.07, 6.45) is 2.62. The quantitative estimate of drug-likeness (QED) is 0.735. The molecule has 80 valence electrons. The molecule has 1 saturated carbocycles. The Kier molecular flexibility index (Phi) is 1.68. The highest BCUT2D eigenvalue weighted by molar-refractivity contribution is 5.63. The molecule has 0 bridgehead atoms. The molecule has 1 fully saturated rings. The van der Waals surface area contributed by atoms with Gasteiger partial charge in [-0.25, -0.2) is 0 Å². The zero-order valence-corrected chi connectivity index (χ0v) is 8.79. The number of fused-ring (bicyclic) bond motifs is 3. The first-order chi connectivity index (χ1) is 7.22. The first-order valence-corrected chi connectivity index (χ1v) is 5.37. The van der Waals surface area contributed by atoms with Gasteiger partial charge in [-0.2, -0.15) is 0 Å². The van der Waals surface area contributed by atoms with Crippen molar-refractivity contribution >= 4 is 5.69 Å². The van der Waals surface area contributed by atoms with Crippen molar-refractivity contribution < 1.29 is 9.84 Å². The van der Waals surface area contributed by atoms with Crippen LogP contribution in [0.1, 0.15) is 24.8 Å². The van der Waals surface area contributed by atoms with Gasteiger partial charge in [0.1, 0.15) is 5.60 Å². The first kappa shape index (κ1) is 9.19. The van der Waals surface area contributed by atoms with E-state index < -0.39 is 11.3 Å². The summed E-state index contributed by atoms with van der Waals surface area (Å²) in [6, 6.07) is 7.99. The van der Waals surface area contributed by atoms with Crippen LogP contribution in [-0.4, -0.2) is 17.9 Å². The molecule has 1 aromatic rings. The minimum absolute atomic E-state index is 0.538. The van der Waals surface area contributed by atoms with Crippen molar-refractivity contribution in [1.82, 2.24) is 0 Å². The van der Waals surface area contributed by atoms with Gasteiger partial charge in [0.2, 0.25) is 0 Å². The molecule has 2 aliphatic rings. The lowest BCUT2D eigenvalue weighted by Gasteiger charge is -2.35. The molecule has 3 heteroatoms. The fraction of sp³-hybridized carbons (Fsp3) is 0.500. The van der Waals surface area contributed by atoms with E-state index in [1.165, 1.54) is 0 Å². The van der Waals surface area contributed by atoms with Crippen molar-refractivity contribution in [3.8, 4) is 0 Å². The molecule has 2 atom stereocenters. The number of methoxy groups -OCH3 is 1. The van der Waals surface area contributed by atoms with E-state index in [1.807, 2.05) is 24.3 Å². The molecule has 1 heterocycles. The third-order valence-electron chi connectivity index (χ3n) is 3.79. The molecule has 1 aromatic carbocycles. The molecule has 2 unspecified atom stereocenters. The normalized spacial score (nSPS) is 37.2. The summed E-state index contributed by atoms with van der Waals surface area (Å²) in [7, 11) is 1.68. The van der Waals surface area contributed by atoms with Crippen LogP contribution in [0.15, 0.2) is 24.3 Å². The Morgan fingerprint density at radius 2 is 2.13 bits per heavy atom. The summed E-state index contributed by atoms with van der Waals surface area (Å²) < 4.78 is 5.64. The van der Waals surface area contributed by atoms with E-state index in [0.717, 1.165) is 30.5 Å². The second-order valence-corrected chi connectivity index (χ2v) is 4.42. The molecule has 0 amide bonds. The van der Waals surface area contributed by atoms with Gasteiger partial charge in [0.25, 0.3) is 0 Å². The number of anilines is 1. The van der Waals surface area contributed by atoms with Crippen LogP contribution >= 0.6 is 0 Å². The predicted octanol–water partition coefficient (Wildman–Crippen LogP) is 1.83. The number of aliphatic hydroxyl groups is 1. The van der Waals surface area contributed by atoms with E-state index in [0.29, 0.717) is 0 Å². The lowest BCUT2D eigenvalue weighted by atomic mass is 9.89. The number of hydrogen-bond acceptors (Lipinski definition) is 3. The Morgan fingerprint density at radius 3 is 2.93 bits per heavy atom.